The van der Waals surface area contributed by atoms with E-state index in [2.05, 4.69) is 15.6 Å². The van der Waals surface area contributed by atoms with Crippen molar-refractivity contribution < 1.29 is 14.3 Å². The highest BCUT2D eigenvalue weighted by Crippen LogP contribution is 2.38. The van der Waals surface area contributed by atoms with Gasteiger partial charge in [0.15, 0.2) is 0 Å². The number of urea groups is 1. The maximum atomic E-state index is 12.2. The number of pyridine rings is 1. The number of aromatic nitrogens is 1. The third kappa shape index (κ3) is 3.91. The molecule has 0 saturated carbocycles. The quantitative estimate of drug-likeness (QED) is 0.707. The lowest BCUT2D eigenvalue weighted by Crippen LogP contribution is -2.30. The van der Waals surface area contributed by atoms with Gasteiger partial charge in [0, 0.05) is 41.8 Å². The van der Waals surface area contributed by atoms with Gasteiger partial charge in [-0.25, -0.2) is 4.79 Å². The molecule has 2 amide bonds. The number of ether oxygens (including phenoxy) is 2. The number of hydrogen-bond acceptors (Lipinski definition) is 4. The predicted molar refractivity (Wildman–Crippen MR) is 108 cm³/mol. The first-order valence-corrected chi connectivity index (χ1v) is 9.11. The summed E-state index contributed by atoms with van der Waals surface area (Å²) < 4.78 is 11.0. The van der Waals surface area contributed by atoms with Gasteiger partial charge in [-0.2, -0.15) is 0 Å². The molecule has 1 aliphatic rings. The Hall–Kier alpha value is -3.54. The molecule has 0 atom stereocenters. The van der Waals surface area contributed by atoms with Crippen LogP contribution in [-0.4, -0.2) is 24.7 Å². The molecular formula is C22H21N3O3. The Morgan fingerprint density at radius 1 is 1.14 bits per heavy atom. The standard InChI is InChI=1S/C22H21N3O3/c1-27-18-5-2-15(3-6-18)8-11-24-22(26)25-17-4-7-20-19-9-10-23-13-16(19)14-28-21(20)12-17/h2-7,9-10,12-13H,8,11,14H2,1H3,(H2,24,25,26). The van der Waals surface area contributed by atoms with E-state index < -0.39 is 0 Å². The molecule has 2 N–H and O–H groups in total. The van der Waals surface area contributed by atoms with Crippen LogP contribution in [0.25, 0.3) is 11.1 Å². The van der Waals surface area contributed by atoms with Crippen LogP contribution >= 0.6 is 0 Å². The molecule has 6 nitrogen and oxygen atoms in total. The summed E-state index contributed by atoms with van der Waals surface area (Å²) in [4.78, 5) is 16.3. The summed E-state index contributed by atoms with van der Waals surface area (Å²) in [6, 6.07) is 15.2. The molecule has 28 heavy (non-hydrogen) atoms. The number of fused-ring (bicyclic) bond motifs is 3. The number of anilines is 1. The minimum absolute atomic E-state index is 0.242. The summed E-state index contributed by atoms with van der Waals surface area (Å²) in [6.45, 7) is 1.02. The Balaban J connectivity index is 1.34. The number of carbonyl (C=O) groups is 1. The number of rotatable bonds is 5. The van der Waals surface area contributed by atoms with Crippen molar-refractivity contribution in [2.45, 2.75) is 13.0 Å². The van der Waals surface area contributed by atoms with Crippen LogP contribution in [0.1, 0.15) is 11.1 Å². The fourth-order valence-corrected chi connectivity index (χ4v) is 3.19. The molecule has 6 heteroatoms. The summed E-state index contributed by atoms with van der Waals surface area (Å²) in [5.74, 6) is 1.58. The molecule has 0 bridgehead atoms. The fourth-order valence-electron chi connectivity index (χ4n) is 3.19. The molecule has 0 spiro atoms. The van der Waals surface area contributed by atoms with E-state index >= 15 is 0 Å². The van der Waals surface area contributed by atoms with Crippen molar-refractivity contribution in [2.75, 3.05) is 19.0 Å². The first-order chi connectivity index (χ1) is 13.7. The average molecular weight is 375 g/mol. The molecule has 0 aliphatic carbocycles. The molecule has 0 radical (unpaired) electrons. The Morgan fingerprint density at radius 3 is 2.82 bits per heavy atom. The normalized spacial score (nSPS) is 11.6. The second kappa shape index (κ2) is 8.00. The largest absolute Gasteiger partial charge is 0.497 e. The molecule has 1 aromatic heterocycles. The van der Waals surface area contributed by atoms with Crippen LogP contribution in [0, 0.1) is 0 Å². The van der Waals surface area contributed by atoms with Crippen molar-refractivity contribution in [2.24, 2.45) is 0 Å². The van der Waals surface area contributed by atoms with E-state index in [0.29, 0.717) is 18.8 Å². The maximum absolute atomic E-state index is 12.2. The topological polar surface area (TPSA) is 72.5 Å². The second-order valence-corrected chi connectivity index (χ2v) is 6.51. The van der Waals surface area contributed by atoms with E-state index in [1.165, 1.54) is 0 Å². The van der Waals surface area contributed by atoms with Gasteiger partial charge in [-0.05, 0) is 47.9 Å². The number of nitrogens with zero attached hydrogens (tertiary/aromatic N) is 1. The average Bonchev–Trinajstić information content (AvgIpc) is 2.74. The van der Waals surface area contributed by atoms with Crippen LogP contribution in [-0.2, 0) is 13.0 Å². The van der Waals surface area contributed by atoms with Gasteiger partial charge in [0.2, 0.25) is 0 Å². The number of benzene rings is 2. The van der Waals surface area contributed by atoms with E-state index in [1.807, 2.05) is 54.7 Å². The van der Waals surface area contributed by atoms with Crippen LogP contribution in [0.2, 0.25) is 0 Å². The molecule has 0 unspecified atom stereocenters. The Kier molecular flexibility index (Phi) is 5.10. The van der Waals surface area contributed by atoms with Crippen molar-refractivity contribution in [3.8, 4) is 22.6 Å². The van der Waals surface area contributed by atoms with Crippen LogP contribution in [0.15, 0.2) is 60.9 Å². The minimum atomic E-state index is -0.242. The van der Waals surface area contributed by atoms with Gasteiger partial charge in [0.25, 0.3) is 0 Å². The van der Waals surface area contributed by atoms with Crippen molar-refractivity contribution in [1.29, 1.82) is 0 Å². The number of nitrogens with one attached hydrogen (secondary N) is 2. The summed E-state index contributed by atoms with van der Waals surface area (Å²) in [7, 11) is 1.64. The first kappa shape index (κ1) is 17.9. The molecule has 2 heterocycles. The Morgan fingerprint density at radius 2 is 2.00 bits per heavy atom. The smallest absolute Gasteiger partial charge is 0.319 e. The van der Waals surface area contributed by atoms with Gasteiger partial charge in [-0.15, -0.1) is 0 Å². The zero-order chi connectivity index (χ0) is 19.3. The Bertz CT molecular complexity index is 987. The third-order valence-electron chi connectivity index (χ3n) is 4.67. The van der Waals surface area contributed by atoms with Crippen LogP contribution in [0.4, 0.5) is 10.5 Å². The van der Waals surface area contributed by atoms with E-state index in [-0.39, 0.29) is 6.03 Å². The summed E-state index contributed by atoms with van der Waals surface area (Å²) in [5, 5.41) is 5.73. The number of amides is 2. The Labute approximate surface area is 163 Å². The molecular weight excluding hydrogens is 354 g/mol. The third-order valence-corrected chi connectivity index (χ3v) is 4.67. The van der Waals surface area contributed by atoms with Gasteiger partial charge in [-0.1, -0.05) is 12.1 Å². The van der Waals surface area contributed by atoms with E-state index in [4.69, 9.17) is 9.47 Å². The number of methoxy groups -OCH3 is 1. The molecule has 1 aliphatic heterocycles. The highest BCUT2D eigenvalue weighted by molar-refractivity contribution is 5.90. The van der Waals surface area contributed by atoms with Crippen molar-refractivity contribution in [3.05, 3.63) is 72.1 Å². The zero-order valence-corrected chi connectivity index (χ0v) is 15.6. The van der Waals surface area contributed by atoms with Gasteiger partial charge >= 0.3 is 6.03 Å². The van der Waals surface area contributed by atoms with Gasteiger partial charge in [0.1, 0.15) is 18.1 Å². The van der Waals surface area contributed by atoms with Crippen molar-refractivity contribution in [3.63, 3.8) is 0 Å². The lowest BCUT2D eigenvalue weighted by molar-refractivity contribution is 0.252. The monoisotopic (exact) mass is 375 g/mol. The zero-order valence-electron chi connectivity index (χ0n) is 15.6. The van der Waals surface area contributed by atoms with E-state index in [1.54, 1.807) is 13.3 Å². The van der Waals surface area contributed by atoms with Gasteiger partial charge in [0.05, 0.1) is 7.11 Å². The molecule has 2 aromatic carbocycles. The lowest BCUT2D eigenvalue weighted by atomic mass is 9.99. The van der Waals surface area contributed by atoms with Gasteiger partial charge in [-0.3, -0.25) is 4.98 Å². The highest BCUT2D eigenvalue weighted by Gasteiger charge is 2.17. The molecule has 142 valence electrons. The second-order valence-electron chi connectivity index (χ2n) is 6.51. The van der Waals surface area contributed by atoms with E-state index in [0.717, 1.165) is 40.2 Å². The first-order valence-electron chi connectivity index (χ1n) is 9.11. The summed E-state index contributed by atoms with van der Waals surface area (Å²) in [5.41, 5.74) is 5.02. The lowest BCUT2D eigenvalue weighted by Gasteiger charge is -2.21. The number of hydrogen-bond donors (Lipinski definition) is 2. The van der Waals surface area contributed by atoms with Crippen LogP contribution in [0.5, 0.6) is 11.5 Å². The van der Waals surface area contributed by atoms with E-state index in [9.17, 15) is 4.79 Å². The maximum Gasteiger partial charge on any atom is 0.319 e. The van der Waals surface area contributed by atoms with Crippen molar-refractivity contribution >= 4 is 11.7 Å². The number of carbonyl (C=O) groups excluding carboxylic acids is 1. The highest BCUT2D eigenvalue weighted by atomic mass is 16.5. The van der Waals surface area contributed by atoms with Crippen LogP contribution < -0.4 is 20.1 Å². The van der Waals surface area contributed by atoms with Gasteiger partial charge < -0.3 is 20.1 Å². The van der Waals surface area contributed by atoms with Crippen molar-refractivity contribution in [1.82, 2.24) is 10.3 Å². The fraction of sp³-hybridized carbons (Fsp3) is 0.182. The molecule has 0 saturated heterocycles. The molecule has 4 rings (SSSR count). The van der Waals surface area contributed by atoms with Crippen LogP contribution in [0.3, 0.4) is 0 Å². The summed E-state index contributed by atoms with van der Waals surface area (Å²) >= 11 is 0. The predicted octanol–water partition coefficient (Wildman–Crippen LogP) is 4.01. The molecule has 0 fully saturated rings. The molecule has 3 aromatic rings. The minimum Gasteiger partial charge on any atom is -0.497 e. The summed E-state index contributed by atoms with van der Waals surface area (Å²) in [6.07, 6.45) is 4.34. The SMILES string of the molecule is COc1ccc(CCNC(=O)Nc2ccc3c(c2)OCc2cnccc2-3)cc1.